The molecule has 0 unspecified atom stereocenters. The highest BCUT2D eigenvalue weighted by Crippen LogP contribution is 2.31. The Bertz CT molecular complexity index is 1220. The fourth-order valence-electron chi connectivity index (χ4n) is 2.90. The van der Waals surface area contributed by atoms with E-state index in [1.165, 1.54) is 19.2 Å². The van der Waals surface area contributed by atoms with E-state index in [1.807, 2.05) is 24.3 Å². The number of carbonyl (C=O) groups is 1. The molecule has 6 nitrogen and oxygen atoms in total. The molecule has 0 fully saturated rings. The number of ether oxygens (including phenoxy) is 2. The minimum atomic E-state index is -0.559. The van der Waals surface area contributed by atoms with E-state index < -0.39 is 5.97 Å². The van der Waals surface area contributed by atoms with E-state index in [9.17, 15) is 14.7 Å². The number of fused-ring (bicyclic) bond motifs is 3. The summed E-state index contributed by atoms with van der Waals surface area (Å²) >= 11 is 0. The molecule has 0 saturated carbocycles. The summed E-state index contributed by atoms with van der Waals surface area (Å²) < 4.78 is 15.6. The van der Waals surface area contributed by atoms with Gasteiger partial charge in [0.15, 0.2) is 6.61 Å². The van der Waals surface area contributed by atoms with E-state index in [1.54, 1.807) is 12.1 Å². The van der Waals surface area contributed by atoms with Gasteiger partial charge in [-0.15, -0.1) is 0 Å². The first-order valence-corrected chi connectivity index (χ1v) is 7.89. The molecule has 130 valence electrons. The lowest BCUT2D eigenvalue weighted by molar-refractivity contribution is -0.142. The molecule has 0 amide bonds. The molecule has 26 heavy (non-hydrogen) atoms. The van der Waals surface area contributed by atoms with Crippen LogP contribution in [0.4, 0.5) is 0 Å². The summed E-state index contributed by atoms with van der Waals surface area (Å²) in [5.41, 5.74) is 0.257. The maximum Gasteiger partial charge on any atom is 0.343 e. The van der Waals surface area contributed by atoms with Crippen LogP contribution >= 0.6 is 0 Å². The molecule has 0 atom stereocenters. The Balaban J connectivity index is 1.93. The molecule has 0 saturated heterocycles. The first kappa shape index (κ1) is 16.0. The van der Waals surface area contributed by atoms with Gasteiger partial charge in [0.05, 0.1) is 12.5 Å². The molecule has 1 N–H and O–H groups in total. The van der Waals surface area contributed by atoms with Crippen molar-refractivity contribution >= 4 is 38.7 Å². The van der Waals surface area contributed by atoms with Gasteiger partial charge in [0.25, 0.3) is 0 Å². The molecule has 4 rings (SSSR count). The van der Waals surface area contributed by atoms with Crippen molar-refractivity contribution in [3.63, 3.8) is 0 Å². The third-order valence-corrected chi connectivity index (χ3v) is 4.18. The molecule has 0 aliphatic rings. The molecule has 0 aliphatic carbocycles. The average molecular weight is 350 g/mol. The molecule has 0 spiro atoms. The van der Waals surface area contributed by atoms with E-state index >= 15 is 0 Å². The van der Waals surface area contributed by atoms with Crippen molar-refractivity contribution in [3.8, 4) is 11.5 Å². The topological polar surface area (TPSA) is 86.0 Å². The molecule has 1 aromatic heterocycles. The van der Waals surface area contributed by atoms with E-state index in [-0.39, 0.29) is 34.5 Å². The van der Waals surface area contributed by atoms with Crippen LogP contribution in [0.2, 0.25) is 0 Å². The fraction of sp³-hybridized carbons (Fsp3) is 0.100. The second-order valence-electron chi connectivity index (χ2n) is 5.81. The monoisotopic (exact) mass is 350 g/mol. The van der Waals surface area contributed by atoms with Crippen LogP contribution in [0.25, 0.3) is 32.7 Å². The van der Waals surface area contributed by atoms with E-state index in [4.69, 9.17) is 9.15 Å². The Hall–Kier alpha value is -3.54. The molecule has 0 radical (unpaired) electrons. The van der Waals surface area contributed by atoms with Gasteiger partial charge in [0.1, 0.15) is 28.1 Å². The van der Waals surface area contributed by atoms with Crippen molar-refractivity contribution in [1.29, 1.82) is 0 Å². The Kier molecular flexibility index (Phi) is 3.73. The maximum absolute atomic E-state index is 12.8. The number of phenolic OH excluding ortho intramolecular Hbond substituents is 1. The number of carbonyl (C=O) groups excluding carboxylic acids is 1. The lowest BCUT2D eigenvalue weighted by Gasteiger charge is -2.08. The summed E-state index contributed by atoms with van der Waals surface area (Å²) in [4.78, 5) is 24.0. The summed E-state index contributed by atoms with van der Waals surface area (Å²) in [6.45, 7) is -0.316. The van der Waals surface area contributed by atoms with Gasteiger partial charge in [-0.05, 0) is 22.9 Å². The molecular weight excluding hydrogens is 336 g/mol. The third-order valence-electron chi connectivity index (χ3n) is 4.18. The number of hydrogen-bond acceptors (Lipinski definition) is 6. The van der Waals surface area contributed by atoms with Crippen LogP contribution in [0.3, 0.4) is 0 Å². The zero-order chi connectivity index (χ0) is 18.3. The summed E-state index contributed by atoms with van der Waals surface area (Å²) in [6, 6.07) is 13.9. The maximum atomic E-state index is 12.8. The minimum Gasteiger partial charge on any atom is -0.507 e. The Labute approximate surface area is 147 Å². The molecule has 0 aliphatic heterocycles. The van der Waals surface area contributed by atoms with Crippen LogP contribution in [0.15, 0.2) is 57.7 Å². The van der Waals surface area contributed by atoms with Crippen LogP contribution in [-0.2, 0) is 9.53 Å². The van der Waals surface area contributed by atoms with Gasteiger partial charge < -0.3 is 19.0 Å². The van der Waals surface area contributed by atoms with Crippen LogP contribution in [0.1, 0.15) is 0 Å². The normalized spacial score (nSPS) is 11.1. The Morgan fingerprint density at radius 2 is 1.81 bits per heavy atom. The van der Waals surface area contributed by atoms with Crippen LogP contribution in [0.5, 0.6) is 11.5 Å². The number of phenols is 1. The van der Waals surface area contributed by atoms with E-state index in [0.29, 0.717) is 11.0 Å². The summed E-state index contributed by atoms with van der Waals surface area (Å²) in [5, 5.41) is 12.6. The molecule has 3 aromatic carbocycles. The molecular formula is C20H14O6. The number of hydrogen-bond donors (Lipinski definition) is 1. The first-order valence-electron chi connectivity index (χ1n) is 7.89. The lowest BCUT2D eigenvalue weighted by Crippen LogP contribution is -2.12. The van der Waals surface area contributed by atoms with Gasteiger partial charge in [-0.25, -0.2) is 4.79 Å². The van der Waals surface area contributed by atoms with Crippen LogP contribution in [-0.4, -0.2) is 24.8 Å². The number of aromatic hydroxyl groups is 1. The molecule has 6 heteroatoms. The first-order chi connectivity index (χ1) is 12.6. The van der Waals surface area contributed by atoms with E-state index in [2.05, 4.69) is 4.74 Å². The lowest BCUT2D eigenvalue weighted by atomic mass is 10.1. The highest BCUT2D eigenvalue weighted by molar-refractivity contribution is 6.00. The zero-order valence-corrected chi connectivity index (χ0v) is 13.8. The molecule has 4 aromatic rings. The third kappa shape index (κ3) is 2.61. The number of methoxy groups -OCH3 is 1. The van der Waals surface area contributed by atoms with Gasteiger partial charge in [-0.2, -0.15) is 0 Å². The van der Waals surface area contributed by atoms with Crippen LogP contribution < -0.4 is 10.2 Å². The van der Waals surface area contributed by atoms with E-state index in [0.717, 1.165) is 10.8 Å². The second-order valence-corrected chi connectivity index (χ2v) is 5.81. The molecule has 1 heterocycles. The number of rotatable bonds is 3. The largest absolute Gasteiger partial charge is 0.507 e. The van der Waals surface area contributed by atoms with Gasteiger partial charge in [0, 0.05) is 12.1 Å². The summed E-state index contributed by atoms with van der Waals surface area (Å²) in [5.74, 6) is -0.633. The second kappa shape index (κ2) is 6.07. The number of esters is 1. The smallest absolute Gasteiger partial charge is 0.343 e. The highest BCUT2D eigenvalue weighted by Gasteiger charge is 2.15. The van der Waals surface area contributed by atoms with Gasteiger partial charge in [-0.3, -0.25) is 4.79 Å². The van der Waals surface area contributed by atoms with Crippen molar-refractivity contribution in [2.24, 2.45) is 0 Å². The SMILES string of the molecule is COC(=O)COc1cc(O)c2c(=O)c3cc4ccccc4cc3oc2c1. The van der Waals surface area contributed by atoms with Crippen molar-refractivity contribution in [1.82, 2.24) is 0 Å². The Morgan fingerprint density at radius 3 is 2.54 bits per heavy atom. The van der Waals surface area contributed by atoms with Gasteiger partial charge in [-0.1, -0.05) is 24.3 Å². The predicted molar refractivity (Wildman–Crippen MR) is 96.7 cm³/mol. The van der Waals surface area contributed by atoms with Gasteiger partial charge in [0.2, 0.25) is 5.43 Å². The zero-order valence-electron chi connectivity index (χ0n) is 13.8. The van der Waals surface area contributed by atoms with Crippen molar-refractivity contribution in [2.75, 3.05) is 13.7 Å². The van der Waals surface area contributed by atoms with Crippen molar-refractivity contribution < 1.29 is 23.8 Å². The predicted octanol–water partition coefficient (Wildman–Crippen LogP) is 3.36. The summed E-state index contributed by atoms with van der Waals surface area (Å²) in [6.07, 6.45) is 0. The quantitative estimate of drug-likeness (QED) is 0.450. The highest BCUT2D eigenvalue weighted by atomic mass is 16.6. The average Bonchev–Trinajstić information content (AvgIpc) is 2.64. The number of benzene rings is 3. The Morgan fingerprint density at radius 1 is 1.08 bits per heavy atom. The molecule has 0 bridgehead atoms. The van der Waals surface area contributed by atoms with Crippen LogP contribution in [0, 0.1) is 0 Å². The standard InChI is InChI=1S/C20H14O6/c1-24-18(22)10-25-13-8-15(21)19-17(9-13)26-16-7-12-5-3-2-4-11(12)6-14(16)20(19)23/h2-9,21H,10H2,1H3. The summed E-state index contributed by atoms with van der Waals surface area (Å²) in [7, 11) is 1.25. The van der Waals surface area contributed by atoms with Gasteiger partial charge >= 0.3 is 5.97 Å². The van der Waals surface area contributed by atoms with Crippen molar-refractivity contribution in [3.05, 3.63) is 58.8 Å². The fourth-order valence-corrected chi connectivity index (χ4v) is 2.90. The van der Waals surface area contributed by atoms with Crippen molar-refractivity contribution in [2.45, 2.75) is 0 Å². The minimum absolute atomic E-state index is 0.0678.